The number of likely N-dealkylation sites (tertiary alicyclic amines) is 2. The van der Waals surface area contributed by atoms with Gasteiger partial charge >= 0.3 is 0 Å². The van der Waals surface area contributed by atoms with Crippen molar-refractivity contribution in [3.05, 3.63) is 35.9 Å². The van der Waals surface area contributed by atoms with Gasteiger partial charge in [0.2, 0.25) is 5.91 Å². The van der Waals surface area contributed by atoms with E-state index in [9.17, 15) is 4.79 Å². The molecule has 2 aliphatic rings. The van der Waals surface area contributed by atoms with Gasteiger partial charge in [0.1, 0.15) is 5.75 Å². The van der Waals surface area contributed by atoms with Crippen LogP contribution in [0, 0.1) is 0 Å². The lowest BCUT2D eigenvalue weighted by Crippen LogP contribution is -2.41. The van der Waals surface area contributed by atoms with Crippen LogP contribution in [-0.2, 0) is 4.79 Å². The summed E-state index contributed by atoms with van der Waals surface area (Å²) in [6, 6.07) is 8.15. The summed E-state index contributed by atoms with van der Waals surface area (Å²) >= 11 is 0. The summed E-state index contributed by atoms with van der Waals surface area (Å²) < 4.78 is 5.15. The number of ether oxygens (including phenoxy) is 1. The minimum Gasteiger partial charge on any atom is -0.497 e. The van der Waals surface area contributed by atoms with Crippen LogP contribution in [0.3, 0.4) is 0 Å². The van der Waals surface area contributed by atoms with Crippen molar-refractivity contribution >= 4 is 12.0 Å². The smallest absolute Gasteiger partial charge is 0.246 e. The number of methoxy groups -OCH3 is 1. The molecule has 1 aromatic rings. The summed E-state index contributed by atoms with van der Waals surface area (Å²) in [5.41, 5.74) is 1.02. The van der Waals surface area contributed by atoms with Crippen LogP contribution in [0.1, 0.15) is 31.2 Å². The van der Waals surface area contributed by atoms with Crippen LogP contribution in [0.2, 0.25) is 0 Å². The van der Waals surface area contributed by atoms with E-state index in [4.69, 9.17) is 4.74 Å². The molecule has 1 atom stereocenters. The van der Waals surface area contributed by atoms with Gasteiger partial charge in [-0.1, -0.05) is 12.1 Å². The monoisotopic (exact) mass is 314 g/mol. The Morgan fingerprint density at radius 2 is 1.91 bits per heavy atom. The molecule has 3 rings (SSSR count). The number of carbonyl (C=O) groups excluding carboxylic acids is 1. The summed E-state index contributed by atoms with van der Waals surface area (Å²) in [4.78, 5) is 17.1. The lowest BCUT2D eigenvalue weighted by molar-refractivity contribution is -0.127. The largest absolute Gasteiger partial charge is 0.497 e. The van der Waals surface area contributed by atoms with Gasteiger partial charge in [0.25, 0.3) is 0 Å². The highest BCUT2D eigenvalue weighted by atomic mass is 16.5. The molecule has 4 nitrogen and oxygen atoms in total. The first-order chi connectivity index (χ1) is 11.3. The van der Waals surface area contributed by atoms with Gasteiger partial charge in [0, 0.05) is 25.2 Å². The van der Waals surface area contributed by atoms with E-state index in [-0.39, 0.29) is 5.91 Å². The molecule has 1 amide bonds. The number of rotatable bonds is 5. The molecule has 124 valence electrons. The van der Waals surface area contributed by atoms with Crippen molar-refractivity contribution in [3.8, 4) is 5.75 Å². The normalized spacial score (nSPS) is 22.1. The molecule has 0 spiro atoms. The van der Waals surface area contributed by atoms with Crippen molar-refractivity contribution < 1.29 is 9.53 Å². The molecule has 4 heteroatoms. The Balaban J connectivity index is 1.58. The number of hydrogen-bond donors (Lipinski definition) is 0. The molecule has 0 saturated carbocycles. The standard InChI is InChI=1S/C19H26N2O2/c1-23-18-9-6-16(7-10-18)8-11-19(22)21-14-4-5-17(21)15-20-12-2-3-13-20/h6-11,17H,2-5,12-15H2,1H3/t17-/m0/s1. The number of hydrogen-bond acceptors (Lipinski definition) is 3. The quantitative estimate of drug-likeness (QED) is 0.784. The Kier molecular flexibility index (Phi) is 5.34. The maximum atomic E-state index is 12.5. The molecule has 0 radical (unpaired) electrons. The van der Waals surface area contributed by atoms with Gasteiger partial charge in [0.15, 0.2) is 0 Å². The molecule has 0 aliphatic carbocycles. The Labute approximate surface area is 138 Å². The van der Waals surface area contributed by atoms with Crippen molar-refractivity contribution in [2.75, 3.05) is 33.3 Å². The first-order valence-corrected chi connectivity index (χ1v) is 8.61. The zero-order chi connectivity index (χ0) is 16.1. The van der Waals surface area contributed by atoms with Gasteiger partial charge in [-0.15, -0.1) is 0 Å². The number of carbonyl (C=O) groups is 1. The van der Waals surface area contributed by atoms with Gasteiger partial charge in [0.05, 0.1) is 7.11 Å². The second-order valence-corrected chi connectivity index (χ2v) is 6.44. The molecule has 2 fully saturated rings. The minimum absolute atomic E-state index is 0.141. The van der Waals surface area contributed by atoms with E-state index in [1.807, 2.05) is 30.3 Å². The molecular weight excluding hydrogens is 288 g/mol. The summed E-state index contributed by atoms with van der Waals surface area (Å²) in [5, 5.41) is 0. The Morgan fingerprint density at radius 3 is 2.61 bits per heavy atom. The third kappa shape index (κ3) is 4.14. The fourth-order valence-corrected chi connectivity index (χ4v) is 3.56. The molecule has 0 bridgehead atoms. The predicted molar refractivity (Wildman–Crippen MR) is 92.4 cm³/mol. The van der Waals surface area contributed by atoms with Gasteiger partial charge < -0.3 is 14.5 Å². The molecule has 1 aromatic carbocycles. The number of amides is 1. The van der Waals surface area contributed by atoms with Crippen LogP contribution in [-0.4, -0.2) is 55.0 Å². The van der Waals surface area contributed by atoms with E-state index in [0.717, 1.165) is 37.2 Å². The molecule has 2 heterocycles. The van der Waals surface area contributed by atoms with E-state index in [2.05, 4.69) is 9.80 Å². The van der Waals surface area contributed by atoms with Crippen molar-refractivity contribution in [2.45, 2.75) is 31.7 Å². The predicted octanol–water partition coefficient (Wildman–Crippen LogP) is 2.80. The number of nitrogens with zero attached hydrogens (tertiary/aromatic N) is 2. The van der Waals surface area contributed by atoms with Crippen molar-refractivity contribution in [1.82, 2.24) is 9.80 Å². The summed E-state index contributed by atoms with van der Waals surface area (Å²) in [6.07, 6.45) is 8.48. The van der Waals surface area contributed by atoms with Crippen LogP contribution in [0.5, 0.6) is 5.75 Å². The van der Waals surface area contributed by atoms with Crippen molar-refractivity contribution in [1.29, 1.82) is 0 Å². The zero-order valence-electron chi connectivity index (χ0n) is 13.9. The third-order valence-corrected chi connectivity index (χ3v) is 4.86. The molecule has 0 aromatic heterocycles. The Bertz CT molecular complexity index is 547. The average molecular weight is 314 g/mol. The second kappa shape index (κ2) is 7.64. The maximum absolute atomic E-state index is 12.5. The molecule has 23 heavy (non-hydrogen) atoms. The van der Waals surface area contributed by atoms with E-state index in [1.54, 1.807) is 13.2 Å². The average Bonchev–Trinajstić information content (AvgIpc) is 3.25. The topological polar surface area (TPSA) is 32.8 Å². The second-order valence-electron chi connectivity index (χ2n) is 6.44. The van der Waals surface area contributed by atoms with E-state index in [0.29, 0.717) is 6.04 Å². The lowest BCUT2D eigenvalue weighted by Gasteiger charge is -2.27. The summed E-state index contributed by atoms with van der Waals surface area (Å²) in [5.74, 6) is 0.973. The van der Waals surface area contributed by atoms with Gasteiger partial charge in [-0.3, -0.25) is 4.79 Å². The minimum atomic E-state index is 0.141. The molecule has 0 unspecified atom stereocenters. The summed E-state index contributed by atoms with van der Waals surface area (Å²) in [6.45, 7) is 4.33. The van der Waals surface area contributed by atoms with Gasteiger partial charge in [-0.2, -0.15) is 0 Å². The van der Waals surface area contributed by atoms with Crippen LogP contribution in [0.15, 0.2) is 30.3 Å². The summed E-state index contributed by atoms with van der Waals surface area (Å²) in [7, 11) is 1.66. The Hall–Kier alpha value is -1.81. The van der Waals surface area contributed by atoms with Gasteiger partial charge in [-0.05, 0) is 62.5 Å². The molecule has 2 saturated heterocycles. The molecule has 0 N–H and O–H groups in total. The van der Waals surface area contributed by atoms with Crippen LogP contribution >= 0.6 is 0 Å². The lowest BCUT2D eigenvalue weighted by atomic mass is 10.2. The SMILES string of the molecule is COc1ccc(C=CC(=O)N2CCC[C@H]2CN2CCCC2)cc1. The van der Waals surface area contributed by atoms with Crippen LogP contribution in [0.25, 0.3) is 6.08 Å². The number of benzene rings is 1. The van der Waals surface area contributed by atoms with E-state index >= 15 is 0 Å². The Morgan fingerprint density at radius 1 is 1.17 bits per heavy atom. The van der Waals surface area contributed by atoms with Gasteiger partial charge in [-0.25, -0.2) is 0 Å². The van der Waals surface area contributed by atoms with E-state index in [1.165, 1.54) is 25.9 Å². The zero-order valence-corrected chi connectivity index (χ0v) is 13.9. The highest BCUT2D eigenvalue weighted by Gasteiger charge is 2.29. The first kappa shape index (κ1) is 16.1. The molecule has 2 aliphatic heterocycles. The van der Waals surface area contributed by atoms with Crippen molar-refractivity contribution in [2.24, 2.45) is 0 Å². The third-order valence-electron chi connectivity index (χ3n) is 4.86. The van der Waals surface area contributed by atoms with E-state index < -0.39 is 0 Å². The highest BCUT2D eigenvalue weighted by molar-refractivity contribution is 5.92. The fraction of sp³-hybridized carbons (Fsp3) is 0.526. The first-order valence-electron chi connectivity index (χ1n) is 8.61. The van der Waals surface area contributed by atoms with Crippen molar-refractivity contribution in [3.63, 3.8) is 0 Å². The molecular formula is C19H26N2O2. The maximum Gasteiger partial charge on any atom is 0.246 e. The van der Waals surface area contributed by atoms with Crippen LogP contribution < -0.4 is 4.74 Å². The highest BCUT2D eigenvalue weighted by Crippen LogP contribution is 2.21. The fourth-order valence-electron chi connectivity index (χ4n) is 3.56. The van der Waals surface area contributed by atoms with Crippen LogP contribution in [0.4, 0.5) is 0 Å².